The normalized spacial score (nSPS) is 14.6. The summed E-state index contributed by atoms with van der Waals surface area (Å²) >= 11 is 0. The second-order valence-electron chi connectivity index (χ2n) is 10.4. The minimum atomic E-state index is -4.52. The number of halogens is 3. The molecule has 4 aromatic carbocycles. The summed E-state index contributed by atoms with van der Waals surface area (Å²) in [4.78, 5) is 24.2. The van der Waals surface area contributed by atoms with Gasteiger partial charge in [-0.1, -0.05) is 60.7 Å². The zero-order chi connectivity index (χ0) is 32.2. The van der Waals surface area contributed by atoms with Gasteiger partial charge in [0.1, 0.15) is 11.8 Å². The number of aliphatic carboxylic acids is 1. The van der Waals surface area contributed by atoms with E-state index in [2.05, 4.69) is 5.32 Å². The molecule has 12 heteroatoms. The number of benzene rings is 4. The molecule has 2 N–H and O–H groups in total. The topological polar surface area (TPSA) is 113 Å². The summed E-state index contributed by atoms with van der Waals surface area (Å²) in [5.74, 6) is -0.984. The minimum absolute atomic E-state index is 0.0420. The van der Waals surface area contributed by atoms with Crippen LogP contribution in [0.25, 0.3) is 11.1 Å². The van der Waals surface area contributed by atoms with Gasteiger partial charge in [0.2, 0.25) is 5.91 Å². The van der Waals surface area contributed by atoms with Crippen LogP contribution in [-0.4, -0.2) is 38.0 Å². The standard InChI is InChI=1S/C33H29F3N2O6S/c34-33(35,36)26-10-5-9-23(19-26)22-14-16-27(17-15-22)45(42,43)38-28-11-3-1-7-24(28)20-29(38)32(41)37-21-25-8-2-4-12-30(25)44-18-6-13-31(39)40/h1-5,7-12,14-17,19,29H,6,13,18,20-21H2,(H,37,41)(H,39,40)/t29-/m0/s1. The van der Waals surface area contributed by atoms with Gasteiger partial charge in [-0.25, -0.2) is 8.42 Å². The maximum atomic E-state index is 14.0. The molecule has 1 aliphatic rings. The van der Waals surface area contributed by atoms with Crippen molar-refractivity contribution >= 4 is 27.6 Å². The second kappa shape index (κ2) is 13.0. The number of sulfonamides is 1. The molecule has 45 heavy (non-hydrogen) atoms. The van der Waals surface area contributed by atoms with Crippen LogP contribution in [0, 0.1) is 0 Å². The summed E-state index contributed by atoms with van der Waals surface area (Å²) in [5, 5.41) is 11.7. The number of carbonyl (C=O) groups is 2. The maximum Gasteiger partial charge on any atom is 0.416 e. The molecule has 0 saturated heterocycles. The predicted molar refractivity (Wildman–Crippen MR) is 161 cm³/mol. The number of rotatable bonds is 11. The number of ether oxygens (including phenoxy) is 1. The van der Waals surface area contributed by atoms with Gasteiger partial charge in [0.05, 0.1) is 22.8 Å². The van der Waals surface area contributed by atoms with E-state index in [0.29, 0.717) is 34.5 Å². The highest BCUT2D eigenvalue weighted by molar-refractivity contribution is 7.93. The number of amides is 1. The maximum absolute atomic E-state index is 14.0. The molecule has 1 amide bonds. The van der Waals surface area contributed by atoms with Gasteiger partial charge in [0.25, 0.3) is 10.0 Å². The Morgan fingerprint density at radius 2 is 1.62 bits per heavy atom. The van der Waals surface area contributed by atoms with Crippen molar-refractivity contribution in [3.63, 3.8) is 0 Å². The highest BCUT2D eigenvalue weighted by Crippen LogP contribution is 2.38. The lowest BCUT2D eigenvalue weighted by atomic mass is 10.0. The number of alkyl halides is 3. The van der Waals surface area contributed by atoms with Crippen molar-refractivity contribution in [1.82, 2.24) is 5.32 Å². The average Bonchev–Trinajstić information content (AvgIpc) is 3.43. The van der Waals surface area contributed by atoms with Crippen LogP contribution in [-0.2, 0) is 38.8 Å². The zero-order valence-electron chi connectivity index (χ0n) is 23.8. The summed E-state index contributed by atoms with van der Waals surface area (Å²) < 4.78 is 74.5. The molecular formula is C33H29F3N2O6S. The van der Waals surface area contributed by atoms with Gasteiger partial charge >= 0.3 is 12.1 Å². The Balaban J connectivity index is 1.36. The molecular weight excluding hydrogens is 609 g/mol. The highest BCUT2D eigenvalue weighted by Gasteiger charge is 2.42. The fourth-order valence-electron chi connectivity index (χ4n) is 5.16. The first-order valence-corrected chi connectivity index (χ1v) is 15.5. The molecule has 0 aromatic heterocycles. The lowest BCUT2D eigenvalue weighted by Crippen LogP contribution is -2.47. The Morgan fingerprint density at radius 3 is 2.36 bits per heavy atom. The largest absolute Gasteiger partial charge is 0.493 e. The monoisotopic (exact) mass is 638 g/mol. The smallest absolute Gasteiger partial charge is 0.416 e. The number of hydrogen-bond acceptors (Lipinski definition) is 5. The highest BCUT2D eigenvalue weighted by atomic mass is 32.2. The molecule has 234 valence electrons. The number of carbonyl (C=O) groups excluding carboxylic acids is 1. The minimum Gasteiger partial charge on any atom is -0.493 e. The lowest BCUT2D eigenvalue weighted by Gasteiger charge is -2.26. The van der Waals surface area contributed by atoms with Gasteiger partial charge in [-0.3, -0.25) is 13.9 Å². The van der Waals surface area contributed by atoms with E-state index in [9.17, 15) is 31.2 Å². The van der Waals surface area contributed by atoms with Crippen molar-refractivity contribution in [2.24, 2.45) is 0 Å². The molecule has 1 aliphatic heterocycles. The Hall–Kier alpha value is -4.84. The number of hydrogen-bond donors (Lipinski definition) is 2. The van der Waals surface area contributed by atoms with E-state index in [1.165, 1.54) is 36.4 Å². The fraction of sp³-hybridized carbons (Fsp3) is 0.212. The molecule has 0 aliphatic carbocycles. The average molecular weight is 639 g/mol. The van der Waals surface area contributed by atoms with E-state index >= 15 is 0 Å². The van der Waals surface area contributed by atoms with Crippen LogP contribution in [0.2, 0.25) is 0 Å². The quantitative estimate of drug-likeness (QED) is 0.194. The first-order valence-electron chi connectivity index (χ1n) is 14.1. The van der Waals surface area contributed by atoms with E-state index in [-0.39, 0.29) is 36.5 Å². The number of fused-ring (bicyclic) bond motifs is 1. The lowest BCUT2D eigenvalue weighted by molar-refractivity contribution is -0.138. The predicted octanol–water partition coefficient (Wildman–Crippen LogP) is 6.05. The summed E-state index contributed by atoms with van der Waals surface area (Å²) in [6, 6.07) is 22.9. The van der Waals surface area contributed by atoms with E-state index < -0.39 is 39.7 Å². The van der Waals surface area contributed by atoms with Crippen molar-refractivity contribution in [3.8, 4) is 16.9 Å². The van der Waals surface area contributed by atoms with E-state index in [0.717, 1.165) is 16.4 Å². The summed E-state index contributed by atoms with van der Waals surface area (Å²) in [7, 11) is -4.27. The second-order valence-corrected chi connectivity index (χ2v) is 12.2. The van der Waals surface area contributed by atoms with Crippen molar-refractivity contribution < 1.29 is 41.0 Å². The van der Waals surface area contributed by atoms with Crippen LogP contribution in [0.15, 0.2) is 102 Å². The molecule has 8 nitrogen and oxygen atoms in total. The summed E-state index contributed by atoms with van der Waals surface area (Å²) in [6.07, 6.45) is -4.12. The van der Waals surface area contributed by atoms with Crippen LogP contribution < -0.4 is 14.4 Å². The molecule has 0 unspecified atom stereocenters. The Morgan fingerprint density at radius 1 is 0.911 bits per heavy atom. The Bertz CT molecular complexity index is 1810. The molecule has 0 fully saturated rings. The molecule has 4 aromatic rings. The van der Waals surface area contributed by atoms with E-state index in [1.807, 2.05) is 0 Å². The fourth-order valence-corrected chi connectivity index (χ4v) is 6.81. The number of para-hydroxylation sites is 2. The van der Waals surface area contributed by atoms with E-state index in [1.54, 1.807) is 48.5 Å². The Labute approximate surface area is 258 Å². The molecule has 5 rings (SSSR count). The number of carboxylic acid groups (broad SMARTS) is 1. The van der Waals surface area contributed by atoms with Crippen LogP contribution in [0.4, 0.5) is 18.9 Å². The van der Waals surface area contributed by atoms with Crippen molar-refractivity contribution in [3.05, 3.63) is 114 Å². The summed E-state index contributed by atoms with van der Waals surface area (Å²) in [5.41, 5.74) is 1.54. The van der Waals surface area contributed by atoms with Crippen LogP contribution in [0.3, 0.4) is 0 Å². The van der Waals surface area contributed by atoms with Gasteiger partial charge in [0, 0.05) is 24.9 Å². The van der Waals surface area contributed by atoms with Crippen LogP contribution in [0.1, 0.15) is 29.5 Å². The van der Waals surface area contributed by atoms with Gasteiger partial charge in [-0.15, -0.1) is 0 Å². The number of carboxylic acids is 1. The molecule has 0 spiro atoms. The Kier molecular flexibility index (Phi) is 9.14. The van der Waals surface area contributed by atoms with Crippen molar-refractivity contribution in [2.75, 3.05) is 10.9 Å². The van der Waals surface area contributed by atoms with Crippen LogP contribution >= 0.6 is 0 Å². The van der Waals surface area contributed by atoms with Gasteiger partial charge < -0.3 is 15.2 Å². The first kappa shape index (κ1) is 31.6. The SMILES string of the molecule is O=C(O)CCCOc1ccccc1CNC(=O)[C@@H]1Cc2ccccc2N1S(=O)(=O)c1ccc(-c2cccc(C(F)(F)F)c2)cc1. The third-order valence-corrected chi connectivity index (χ3v) is 9.22. The van der Waals surface area contributed by atoms with Crippen molar-refractivity contribution in [2.45, 2.75) is 42.9 Å². The first-order chi connectivity index (χ1) is 21.4. The van der Waals surface area contributed by atoms with Gasteiger partial charge in [-0.05, 0) is 59.5 Å². The molecule has 0 radical (unpaired) electrons. The van der Waals surface area contributed by atoms with Gasteiger partial charge in [-0.2, -0.15) is 13.2 Å². The third-order valence-electron chi connectivity index (χ3n) is 7.38. The van der Waals surface area contributed by atoms with Gasteiger partial charge in [0.15, 0.2) is 0 Å². The molecule has 1 atom stereocenters. The zero-order valence-corrected chi connectivity index (χ0v) is 24.6. The molecule has 0 bridgehead atoms. The third kappa shape index (κ3) is 7.12. The molecule has 0 saturated carbocycles. The van der Waals surface area contributed by atoms with E-state index in [4.69, 9.17) is 9.84 Å². The molecule has 1 heterocycles. The number of nitrogens with zero attached hydrogens (tertiary/aromatic N) is 1. The number of anilines is 1. The van der Waals surface area contributed by atoms with Crippen molar-refractivity contribution in [1.29, 1.82) is 0 Å². The van der Waals surface area contributed by atoms with Crippen LogP contribution in [0.5, 0.6) is 5.75 Å². The number of nitrogens with one attached hydrogen (secondary N) is 1. The summed E-state index contributed by atoms with van der Waals surface area (Å²) in [6.45, 7) is 0.216.